The van der Waals surface area contributed by atoms with E-state index in [4.69, 9.17) is 4.74 Å². The second kappa shape index (κ2) is 8.52. The minimum Gasteiger partial charge on any atom is -0.492 e. The van der Waals surface area contributed by atoms with Gasteiger partial charge in [0.05, 0.1) is 6.54 Å². The standard InChI is InChI=1S/C23H25NO2/c1-17-7-5-11-21(15-17)26-14-13-24-23(25)18(2)16-20-10-6-9-19-8-3-4-12-22(19)20/h3-12,15,18H,13-14,16H2,1-2H3,(H,24,25). The summed E-state index contributed by atoms with van der Waals surface area (Å²) in [6.07, 6.45) is 0.728. The van der Waals surface area contributed by atoms with E-state index in [1.54, 1.807) is 0 Å². The molecule has 1 unspecified atom stereocenters. The molecule has 0 saturated carbocycles. The first-order valence-corrected chi connectivity index (χ1v) is 9.07. The monoisotopic (exact) mass is 347 g/mol. The van der Waals surface area contributed by atoms with E-state index in [2.05, 4.69) is 35.6 Å². The van der Waals surface area contributed by atoms with Crippen LogP contribution < -0.4 is 10.1 Å². The maximum Gasteiger partial charge on any atom is 0.223 e. The molecule has 3 heteroatoms. The van der Waals surface area contributed by atoms with E-state index in [-0.39, 0.29) is 11.8 Å². The van der Waals surface area contributed by atoms with Crippen molar-refractivity contribution in [2.75, 3.05) is 13.2 Å². The van der Waals surface area contributed by atoms with Gasteiger partial charge in [0.2, 0.25) is 5.91 Å². The van der Waals surface area contributed by atoms with Crippen LogP contribution in [-0.4, -0.2) is 19.1 Å². The Balaban J connectivity index is 1.50. The third kappa shape index (κ3) is 4.63. The average molecular weight is 347 g/mol. The second-order valence-electron chi connectivity index (χ2n) is 6.70. The molecule has 1 atom stereocenters. The van der Waals surface area contributed by atoms with Crippen LogP contribution in [0.5, 0.6) is 5.75 Å². The molecule has 0 radical (unpaired) electrons. The van der Waals surface area contributed by atoms with Gasteiger partial charge in [-0.1, -0.05) is 61.5 Å². The van der Waals surface area contributed by atoms with E-state index in [9.17, 15) is 4.79 Å². The molecule has 0 bridgehead atoms. The van der Waals surface area contributed by atoms with Crippen LogP contribution in [0, 0.1) is 12.8 Å². The van der Waals surface area contributed by atoms with Crippen LogP contribution in [0.1, 0.15) is 18.1 Å². The topological polar surface area (TPSA) is 38.3 Å². The number of amides is 1. The number of carbonyl (C=O) groups is 1. The molecule has 0 spiro atoms. The summed E-state index contributed by atoms with van der Waals surface area (Å²) >= 11 is 0. The van der Waals surface area contributed by atoms with E-state index in [0.717, 1.165) is 17.7 Å². The third-order valence-electron chi connectivity index (χ3n) is 4.51. The zero-order valence-corrected chi connectivity index (χ0v) is 15.4. The fourth-order valence-electron chi connectivity index (χ4n) is 3.12. The number of rotatable bonds is 7. The van der Waals surface area contributed by atoms with Crippen molar-refractivity contribution in [3.05, 3.63) is 77.9 Å². The van der Waals surface area contributed by atoms with Crippen molar-refractivity contribution in [3.63, 3.8) is 0 Å². The minimum absolute atomic E-state index is 0.0609. The maximum atomic E-state index is 12.4. The number of benzene rings is 3. The molecule has 3 rings (SSSR count). The Labute approximate surface area is 155 Å². The molecule has 26 heavy (non-hydrogen) atoms. The lowest BCUT2D eigenvalue weighted by Crippen LogP contribution is -2.33. The number of hydrogen-bond donors (Lipinski definition) is 1. The first kappa shape index (κ1) is 18.0. The van der Waals surface area contributed by atoms with Crippen LogP contribution >= 0.6 is 0 Å². The highest BCUT2D eigenvalue weighted by Crippen LogP contribution is 2.21. The zero-order chi connectivity index (χ0) is 18.4. The van der Waals surface area contributed by atoms with E-state index in [0.29, 0.717) is 13.2 Å². The first-order valence-electron chi connectivity index (χ1n) is 9.07. The van der Waals surface area contributed by atoms with Gasteiger partial charge in [-0.25, -0.2) is 0 Å². The fraction of sp³-hybridized carbons (Fsp3) is 0.261. The lowest BCUT2D eigenvalue weighted by atomic mass is 9.95. The van der Waals surface area contributed by atoms with Crippen LogP contribution in [0.4, 0.5) is 0 Å². The predicted octanol–water partition coefficient (Wildman–Crippen LogP) is 4.52. The van der Waals surface area contributed by atoms with E-state index >= 15 is 0 Å². The van der Waals surface area contributed by atoms with Crippen molar-refractivity contribution < 1.29 is 9.53 Å². The molecule has 0 heterocycles. The van der Waals surface area contributed by atoms with E-state index in [1.165, 1.54) is 16.3 Å². The van der Waals surface area contributed by atoms with Crippen molar-refractivity contribution in [3.8, 4) is 5.75 Å². The van der Waals surface area contributed by atoms with Crippen LogP contribution in [-0.2, 0) is 11.2 Å². The van der Waals surface area contributed by atoms with Crippen molar-refractivity contribution in [2.45, 2.75) is 20.3 Å². The SMILES string of the molecule is Cc1cccc(OCCNC(=O)C(C)Cc2cccc3ccccc23)c1. The smallest absolute Gasteiger partial charge is 0.223 e. The van der Waals surface area contributed by atoms with E-state index in [1.807, 2.05) is 50.2 Å². The summed E-state index contributed by atoms with van der Waals surface area (Å²) in [5.41, 5.74) is 2.37. The van der Waals surface area contributed by atoms with Crippen LogP contribution in [0.2, 0.25) is 0 Å². The number of carbonyl (C=O) groups excluding carboxylic acids is 1. The van der Waals surface area contributed by atoms with Crippen LogP contribution in [0.25, 0.3) is 10.8 Å². The summed E-state index contributed by atoms with van der Waals surface area (Å²) in [6.45, 7) is 4.98. The van der Waals surface area contributed by atoms with Crippen LogP contribution in [0.15, 0.2) is 66.7 Å². The Morgan fingerprint density at radius 2 is 1.81 bits per heavy atom. The third-order valence-corrected chi connectivity index (χ3v) is 4.51. The van der Waals surface area contributed by atoms with Gasteiger partial charge in [0.15, 0.2) is 0 Å². The molecule has 0 aliphatic heterocycles. The number of hydrogen-bond acceptors (Lipinski definition) is 2. The van der Waals surface area contributed by atoms with Crippen molar-refractivity contribution in [1.29, 1.82) is 0 Å². The van der Waals surface area contributed by atoms with E-state index < -0.39 is 0 Å². The molecule has 0 aliphatic rings. The average Bonchev–Trinajstić information content (AvgIpc) is 2.65. The van der Waals surface area contributed by atoms with Gasteiger partial charge in [-0.05, 0) is 47.4 Å². The largest absolute Gasteiger partial charge is 0.492 e. The Morgan fingerprint density at radius 3 is 2.65 bits per heavy atom. The van der Waals surface area contributed by atoms with Gasteiger partial charge in [0.25, 0.3) is 0 Å². The highest BCUT2D eigenvalue weighted by atomic mass is 16.5. The summed E-state index contributed by atoms with van der Waals surface area (Å²) < 4.78 is 5.68. The lowest BCUT2D eigenvalue weighted by Gasteiger charge is -2.14. The van der Waals surface area contributed by atoms with Gasteiger partial charge < -0.3 is 10.1 Å². The number of fused-ring (bicyclic) bond motifs is 1. The Bertz CT molecular complexity index is 883. The van der Waals surface area contributed by atoms with Gasteiger partial charge in [-0.15, -0.1) is 0 Å². The molecule has 3 aromatic rings. The molecule has 0 aliphatic carbocycles. The highest BCUT2D eigenvalue weighted by Gasteiger charge is 2.14. The number of ether oxygens (including phenoxy) is 1. The molecule has 1 amide bonds. The number of nitrogens with one attached hydrogen (secondary N) is 1. The first-order chi connectivity index (χ1) is 12.6. The van der Waals surface area contributed by atoms with Crippen molar-refractivity contribution >= 4 is 16.7 Å². The van der Waals surface area contributed by atoms with Crippen molar-refractivity contribution in [1.82, 2.24) is 5.32 Å². The molecule has 0 fully saturated rings. The quantitative estimate of drug-likeness (QED) is 0.638. The van der Waals surface area contributed by atoms with Gasteiger partial charge >= 0.3 is 0 Å². The van der Waals surface area contributed by atoms with Gasteiger partial charge in [0, 0.05) is 5.92 Å². The number of aryl methyl sites for hydroxylation is 1. The fourth-order valence-corrected chi connectivity index (χ4v) is 3.12. The minimum atomic E-state index is -0.0835. The summed E-state index contributed by atoms with van der Waals surface area (Å²) in [4.78, 5) is 12.4. The molecular formula is C23H25NO2. The molecule has 0 aromatic heterocycles. The summed E-state index contributed by atoms with van der Waals surface area (Å²) in [5.74, 6) is 0.814. The Hall–Kier alpha value is -2.81. The predicted molar refractivity (Wildman–Crippen MR) is 106 cm³/mol. The molecule has 1 N–H and O–H groups in total. The highest BCUT2D eigenvalue weighted by molar-refractivity contribution is 5.86. The zero-order valence-electron chi connectivity index (χ0n) is 15.4. The lowest BCUT2D eigenvalue weighted by molar-refractivity contribution is -0.124. The van der Waals surface area contributed by atoms with Gasteiger partial charge in [-0.3, -0.25) is 4.79 Å². The summed E-state index contributed by atoms with van der Waals surface area (Å²) in [7, 11) is 0. The Kier molecular flexibility index (Phi) is 5.90. The molecule has 134 valence electrons. The Morgan fingerprint density at radius 1 is 1.04 bits per heavy atom. The second-order valence-corrected chi connectivity index (χ2v) is 6.70. The van der Waals surface area contributed by atoms with Gasteiger partial charge in [0.1, 0.15) is 12.4 Å². The summed E-state index contributed by atoms with van der Waals surface area (Å²) in [6, 6.07) is 22.5. The molecule has 3 aromatic carbocycles. The molecular weight excluding hydrogens is 322 g/mol. The van der Waals surface area contributed by atoms with Gasteiger partial charge in [-0.2, -0.15) is 0 Å². The molecule has 0 saturated heterocycles. The van der Waals surface area contributed by atoms with Crippen molar-refractivity contribution in [2.24, 2.45) is 5.92 Å². The maximum absolute atomic E-state index is 12.4. The normalized spacial score (nSPS) is 11.9. The summed E-state index contributed by atoms with van der Waals surface area (Å²) in [5, 5.41) is 5.40. The van der Waals surface area contributed by atoms with Crippen LogP contribution in [0.3, 0.4) is 0 Å². The molecule has 3 nitrogen and oxygen atoms in total.